The normalized spacial score (nSPS) is 19.6. The van der Waals surface area contributed by atoms with Gasteiger partial charge in [-0.2, -0.15) is 0 Å². The first kappa shape index (κ1) is 19.4. The molecule has 1 heterocycles. The van der Waals surface area contributed by atoms with Crippen LogP contribution in [0.2, 0.25) is 0 Å². The van der Waals surface area contributed by atoms with Crippen LogP contribution < -0.4 is 5.32 Å². The van der Waals surface area contributed by atoms with Crippen LogP contribution in [-0.2, 0) is 14.4 Å². The second-order valence-electron chi connectivity index (χ2n) is 7.30. The van der Waals surface area contributed by atoms with E-state index in [1.165, 1.54) is 11.0 Å². The maximum atomic E-state index is 12.9. The van der Waals surface area contributed by atoms with E-state index in [-0.39, 0.29) is 23.8 Å². The molecule has 0 fully saturated rings. The highest BCUT2D eigenvalue weighted by atomic mass is 16.2. The summed E-state index contributed by atoms with van der Waals surface area (Å²) in [4.78, 5) is 38.7. The number of hydrogen-bond acceptors (Lipinski definition) is 3. The van der Waals surface area contributed by atoms with Crippen molar-refractivity contribution in [2.45, 2.75) is 79.3 Å². The van der Waals surface area contributed by atoms with Crippen LogP contribution in [0.4, 0.5) is 0 Å². The molecule has 3 amide bonds. The lowest BCUT2D eigenvalue weighted by molar-refractivity contribution is -0.146. The van der Waals surface area contributed by atoms with Gasteiger partial charge in [0.25, 0.3) is 11.8 Å². The number of rotatable bonds is 6. The molecule has 0 aromatic heterocycles. The first-order chi connectivity index (χ1) is 10.6. The third kappa shape index (κ3) is 4.66. The Hall–Kier alpha value is -1.65. The number of carbonyl (C=O) groups is 3. The highest BCUT2D eigenvalue weighted by Gasteiger charge is 2.39. The molecule has 0 saturated carbocycles. The number of carbonyl (C=O) groups excluding carboxylic acids is 3. The van der Waals surface area contributed by atoms with E-state index < -0.39 is 11.5 Å². The molecule has 2 atom stereocenters. The van der Waals surface area contributed by atoms with Crippen LogP contribution in [0, 0.1) is 5.41 Å². The molecule has 0 aliphatic carbocycles. The molecule has 0 bridgehead atoms. The van der Waals surface area contributed by atoms with Gasteiger partial charge in [0.1, 0.15) is 6.04 Å². The van der Waals surface area contributed by atoms with Gasteiger partial charge in [-0.3, -0.25) is 19.3 Å². The van der Waals surface area contributed by atoms with Gasteiger partial charge in [0.2, 0.25) is 5.91 Å². The summed E-state index contributed by atoms with van der Waals surface area (Å²) in [5.74, 6) is -0.731. The molecule has 1 N–H and O–H groups in total. The van der Waals surface area contributed by atoms with Crippen molar-refractivity contribution in [3.63, 3.8) is 0 Å². The van der Waals surface area contributed by atoms with Crippen LogP contribution in [-0.4, -0.2) is 34.7 Å². The summed E-state index contributed by atoms with van der Waals surface area (Å²) in [5.41, 5.74) is 0.348. The van der Waals surface area contributed by atoms with Crippen LogP contribution >= 0.6 is 0 Å². The minimum absolute atomic E-state index is 0.173. The van der Waals surface area contributed by atoms with Crippen molar-refractivity contribution in [3.8, 4) is 0 Å². The number of imide groups is 1. The van der Waals surface area contributed by atoms with E-state index in [0.717, 1.165) is 24.8 Å². The molecule has 0 aromatic rings. The Labute approximate surface area is 139 Å². The molecule has 0 spiro atoms. The third-order valence-corrected chi connectivity index (χ3v) is 4.09. The van der Waals surface area contributed by atoms with Crippen molar-refractivity contribution in [2.24, 2.45) is 5.41 Å². The van der Waals surface area contributed by atoms with Crippen molar-refractivity contribution in [1.82, 2.24) is 10.2 Å². The summed E-state index contributed by atoms with van der Waals surface area (Å²) in [6.07, 6.45) is 4.47. The van der Waals surface area contributed by atoms with Gasteiger partial charge >= 0.3 is 0 Å². The minimum atomic E-state index is -0.644. The number of amides is 3. The molecule has 1 aliphatic heterocycles. The Morgan fingerprint density at radius 3 is 2.35 bits per heavy atom. The fourth-order valence-electron chi connectivity index (χ4n) is 2.70. The third-order valence-electron chi connectivity index (χ3n) is 4.09. The van der Waals surface area contributed by atoms with E-state index in [0.29, 0.717) is 6.42 Å². The summed E-state index contributed by atoms with van der Waals surface area (Å²) in [7, 11) is 0. The summed E-state index contributed by atoms with van der Waals surface area (Å²) >= 11 is 0. The van der Waals surface area contributed by atoms with Crippen LogP contribution in [0.1, 0.15) is 67.2 Å². The highest BCUT2D eigenvalue weighted by Crippen LogP contribution is 2.25. The van der Waals surface area contributed by atoms with Gasteiger partial charge in [-0.15, -0.1) is 0 Å². The van der Waals surface area contributed by atoms with E-state index in [4.69, 9.17) is 0 Å². The summed E-state index contributed by atoms with van der Waals surface area (Å²) in [5, 5.41) is 2.83. The number of hydrogen-bond donors (Lipinski definition) is 1. The van der Waals surface area contributed by atoms with Gasteiger partial charge in [-0.05, 0) is 25.3 Å². The second kappa shape index (κ2) is 7.75. The average Bonchev–Trinajstić information content (AvgIpc) is 2.71. The van der Waals surface area contributed by atoms with Crippen molar-refractivity contribution in [2.75, 3.05) is 0 Å². The maximum Gasteiger partial charge on any atom is 0.253 e. The van der Waals surface area contributed by atoms with Crippen LogP contribution in [0.15, 0.2) is 11.6 Å². The van der Waals surface area contributed by atoms with Crippen LogP contribution in [0.3, 0.4) is 0 Å². The monoisotopic (exact) mass is 322 g/mol. The standard InChI is InChI=1S/C18H30N2O3/c1-7-9-13(19-17(23)18(4,5)6)16(22)20-14(10-8-2)12(3)11-15(20)21/h11,13-14H,7-10H2,1-6H3,(H,19,23)/t13-,14+/m1/s1. The first-order valence-electron chi connectivity index (χ1n) is 8.49. The predicted molar refractivity (Wildman–Crippen MR) is 90.6 cm³/mol. The molecule has 130 valence electrons. The maximum absolute atomic E-state index is 12.9. The lowest BCUT2D eigenvalue weighted by atomic mass is 9.94. The van der Waals surface area contributed by atoms with Gasteiger partial charge in [0.15, 0.2) is 0 Å². The minimum Gasteiger partial charge on any atom is -0.344 e. The quantitative estimate of drug-likeness (QED) is 0.817. The van der Waals surface area contributed by atoms with Gasteiger partial charge in [-0.25, -0.2) is 0 Å². The Balaban J connectivity index is 2.96. The molecule has 5 nitrogen and oxygen atoms in total. The van der Waals surface area contributed by atoms with Crippen molar-refractivity contribution in [3.05, 3.63) is 11.6 Å². The summed E-state index contributed by atoms with van der Waals surface area (Å²) < 4.78 is 0. The molecular weight excluding hydrogens is 292 g/mol. The van der Waals surface area contributed by atoms with E-state index in [1.807, 2.05) is 41.5 Å². The van der Waals surface area contributed by atoms with Crippen LogP contribution in [0.5, 0.6) is 0 Å². The molecule has 0 saturated heterocycles. The molecule has 0 unspecified atom stereocenters. The van der Waals surface area contributed by atoms with Gasteiger partial charge in [0, 0.05) is 11.5 Å². The van der Waals surface area contributed by atoms with Crippen molar-refractivity contribution in [1.29, 1.82) is 0 Å². The zero-order chi connectivity index (χ0) is 17.8. The van der Waals surface area contributed by atoms with Crippen molar-refractivity contribution < 1.29 is 14.4 Å². The Morgan fingerprint density at radius 2 is 1.87 bits per heavy atom. The van der Waals surface area contributed by atoms with Gasteiger partial charge in [0.05, 0.1) is 6.04 Å². The number of nitrogens with zero attached hydrogens (tertiary/aromatic N) is 1. The summed E-state index contributed by atoms with van der Waals surface area (Å²) in [6, 6.07) is -0.819. The SMILES string of the molecule is CCC[C@@H](NC(=O)C(C)(C)C)C(=O)N1C(=O)C=C(C)[C@@H]1CCC. The van der Waals surface area contributed by atoms with E-state index in [2.05, 4.69) is 5.32 Å². The van der Waals surface area contributed by atoms with Crippen molar-refractivity contribution >= 4 is 17.7 Å². The molecule has 5 heteroatoms. The number of nitrogens with one attached hydrogen (secondary N) is 1. The lowest BCUT2D eigenvalue weighted by Gasteiger charge is -2.30. The zero-order valence-electron chi connectivity index (χ0n) is 15.2. The van der Waals surface area contributed by atoms with E-state index in [9.17, 15) is 14.4 Å². The molecule has 0 radical (unpaired) electrons. The fraction of sp³-hybridized carbons (Fsp3) is 0.722. The van der Waals surface area contributed by atoms with Gasteiger partial charge in [-0.1, -0.05) is 47.5 Å². The van der Waals surface area contributed by atoms with Crippen LogP contribution in [0.25, 0.3) is 0 Å². The Morgan fingerprint density at radius 1 is 1.26 bits per heavy atom. The fourth-order valence-corrected chi connectivity index (χ4v) is 2.70. The summed E-state index contributed by atoms with van der Waals surface area (Å²) in [6.45, 7) is 11.3. The largest absolute Gasteiger partial charge is 0.344 e. The topological polar surface area (TPSA) is 66.5 Å². The molecule has 0 aromatic carbocycles. The molecular formula is C18H30N2O3. The lowest BCUT2D eigenvalue weighted by Crippen LogP contribution is -2.53. The Bertz CT molecular complexity index is 503. The van der Waals surface area contributed by atoms with E-state index >= 15 is 0 Å². The highest BCUT2D eigenvalue weighted by molar-refractivity contribution is 6.06. The Kier molecular flexibility index (Phi) is 6.54. The first-order valence-corrected chi connectivity index (χ1v) is 8.49. The average molecular weight is 322 g/mol. The predicted octanol–water partition coefficient (Wildman–Crippen LogP) is 2.80. The molecule has 23 heavy (non-hydrogen) atoms. The molecule has 1 aliphatic rings. The molecule has 1 rings (SSSR count). The second-order valence-corrected chi connectivity index (χ2v) is 7.30. The smallest absolute Gasteiger partial charge is 0.253 e. The van der Waals surface area contributed by atoms with E-state index in [1.54, 1.807) is 0 Å². The zero-order valence-corrected chi connectivity index (χ0v) is 15.2. The van der Waals surface area contributed by atoms with Gasteiger partial charge < -0.3 is 5.32 Å².